The fourth-order valence-corrected chi connectivity index (χ4v) is 4.40. The molecule has 0 fully saturated rings. The molecule has 4 aromatic rings. The molecule has 9 heteroatoms. The predicted octanol–water partition coefficient (Wildman–Crippen LogP) is 3.67. The first-order chi connectivity index (χ1) is 16.6. The van der Waals surface area contributed by atoms with Crippen molar-refractivity contribution in [3.05, 3.63) is 89.8 Å². The number of sulfonamides is 1. The second kappa shape index (κ2) is 9.61. The normalized spacial score (nSPS) is 13.4. The van der Waals surface area contributed by atoms with Gasteiger partial charge in [-0.25, -0.2) is 8.42 Å². The number of nitrogens with zero attached hydrogens (tertiary/aromatic N) is 3. The highest BCUT2D eigenvalue weighted by molar-refractivity contribution is 7.92. The van der Waals surface area contributed by atoms with Gasteiger partial charge in [0, 0.05) is 19.2 Å². The minimum Gasteiger partial charge on any atom is -0.419 e. The fraction of sp³-hybridized carbons (Fsp3) is 0.231. The summed E-state index contributed by atoms with van der Waals surface area (Å²) in [5, 5.41) is 8.47. The van der Waals surface area contributed by atoms with Gasteiger partial charge in [0.2, 0.25) is 21.8 Å². The summed E-state index contributed by atoms with van der Waals surface area (Å²) >= 11 is 0. The van der Waals surface area contributed by atoms with Crippen LogP contribution in [-0.4, -0.2) is 31.9 Å². The molecule has 1 aromatic heterocycles. The molecule has 0 aliphatic rings. The quantitative estimate of drug-likeness (QED) is 0.385. The van der Waals surface area contributed by atoms with E-state index in [-0.39, 0.29) is 5.89 Å². The standard InChI is InChI=1S/C26H29N5O3S/c1-26(28,16-18-9-5-4-6-10-18)25-30-29-24(34-25)21-13-20(23-12-8-7-11-19(23)17-27)14-22(15-21)31(2)35(3,32)33/h4-15H,16-17,27-28H2,1-3H3. The first kappa shape index (κ1) is 24.6. The lowest BCUT2D eigenvalue weighted by Gasteiger charge is -2.20. The first-order valence-electron chi connectivity index (χ1n) is 11.1. The van der Waals surface area contributed by atoms with Gasteiger partial charge in [-0.15, -0.1) is 10.2 Å². The third-order valence-electron chi connectivity index (χ3n) is 5.90. The van der Waals surface area contributed by atoms with Gasteiger partial charge in [0.15, 0.2) is 0 Å². The van der Waals surface area contributed by atoms with E-state index >= 15 is 0 Å². The van der Waals surface area contributed by atoms with E-state index in [9.17, 15) is 8.42 Å². The molecule has 0 spiro atoms. The third-order valence-corrected chi connectivity index (χ3v) is 7.11. The summed E-state index contributed by atoms with van der Waals surface area (Å²) in [7, 11) is -2.00. The lowest BCUT2D eigenvalue weighted by atomic mass is 9.94. The Labute approximate surface area is 205 Å². The molecule has 35 heavy (non-hydrogen) atoms. The molecule has 0 aliphatic heterocycles. The molecule has 4 rings (SSSR count). The van der Waals surface area contributed by atoms with E-state index in [1.54, 1.807) is 12.1 Å². The average molecular weight is 492 g/mol. The Morgan fingerprint density at radius 3 is 2.31 bits per heavy atom. The number of hydrogen-bond donors (Lipinski definition) is 2. The van der Waals surface area contributed by atoms with E-state index in [4.69, 9.17) is 15.9 Å². The number of rotatable bonds is 8. The van der Waals surface area contributed by atoms with Crippen LogP contribution in [0.1, 0.15) is 23.9 Å². The Kier molecular flexibility index (Phi) is 6.75. The molecule has 0 amide bonds. The summed E-state index contributed by atoms with van der Waals surface area (Å²) in [6.07, 6.45) is 1.67. The zero-order valence-corrected chi connectivity index (χ0v) is 20.8. The van der Waals surface area contributed by atoms with Crippen molar-refractivity contribution in [2.45, 2.75) is 25.4 Å². The minimum absolute atomic E-state index is 0.250. The maximum absolute atomic E-state index is 12.3. The highest BCUT2D eigenvalue weighted by Gasteiger charge is 2.29. The topological polar surface area (TPSA) is 128 Å². The molecule has 3 aromatic carbocycles. The van der Waals surface area contributed by atoms with E-state index in [0.29, 0.717) is 30.1 Å². The molecule has 1 heterocycles. The lowest BCUT2D eigenvalue weighted by molar-refractivity contribution is 0.355. The maximum Gasteiger partial charge on any atom is 0.247 e. The lowest BCUT2D eigenvalue weighted by Crippen LogP contribution is -2.35. The SMILES string of the molecule is CN(c1cc(-c2nnc(C(C)(N)Cc3ccccc3)o2)cc(-c2ccccc2CN)c1)S(C)(=O)=O. The predicted molar refractivity (Wildman–Crippen MR) is 138 cm³/mol. The summed E-state index contributed by atoms with van der Waals surface area (Å²) in [5.41, 5.74) is 16.3. The number of hydrogen-bond acceptors (Lipinski definition) is 7. The molecule has 1 unspecified atom stereocenters. The van der Waals surface area contributed by atoms with Gasteiger partial charge in [-0.3, -0.25) is 4.31 Å². The Hall–Kier alpha value is -3.53. The maximum atomic E-state index is 12.3. The van der Waals surface area contributed by atoms with Crippen LogP contribution in [0, 0.1) is 0 Å². The largest absolute Gasteiger partial charge is 0.419 e. The number of anilines is 1. The smallest absolute Gasteiger partial charge is 0.247 e. The van der Waals surface area contributed by atoms with Crippen molar-refractivity contribution in [3.8, 4) is 22.6 Å². The van der Waals surface area contributed by atoms with Gasteiger partial charge in [0.25, 0.3) is 0 Å². The van der Waals surface area contributed by atoms with Gasteiger partial charge in [0.05, 0.1) is 17.5 Å². The monoisotopic (exact) mass is 491 g/mol. The van der Waals surface area contributed by atoms with Crippen molar-refractivity contribution in [1.29, 1.82) is 0 Å². The number of nitrogens with two attached hydrogens (primary N) is 2. The molecule has 182 valence electrons. The van der Waals surface area contributed by atoms with Crippen molar-refractivity contribution < 1.29 is 12.8 Å². The molecule has 0 bridgehead atoms. The first-order valence-corrected chi connectivity index (χ1v) is 13.0. The molecule has 8 nitrogen and oxygen atoms in total. The van der Waals surface area contributed by atoms with Crippen LogP contribution in [0.3, 0.4) is 0 Å². The summed E-state index contributed by atoms with van der Waals surface area (Å²) in [4.78, 5) is 0. The second-order valence-corrected chi connectivity index (χ2v) is 10.9. The van der Waals surface area contributed by atoms with Crippen LogP contribution in [0.4, 0.5) is 5.69 Å². The van der Waals surface area contributed by atoms with Gasteiger partial charge >= 0.3 is 0 Å². The summed E-state index contributed by atoms with van der Waals surface area (Å²) in [6, 6.07) is 23.0. The third kappa shape index (κ3) is 5.43. The van der Waals surface area contributed by atoms with Gasteiger partial charge in [-0.2, -0.15) is 0 Å². The van der Waals surface area contributed by atoms with Crippen LogP contribution < -0.4 is 15.8 Å². The molecule has 0 aliphatic carbocycles. The van der Waals surface area contributed by atoms with E-state index in [1.807, 2.05) is 67.6 Å². The zero-order valence-electron chi connectivity index (χ0n) is 20.0. The molecule has 0 radical (unpaired) electrons. The van der Waals surface area contributed by atoms with Gasteiger partial charge in [0.1, 0.15) is 0 Å². The van der Waals surface area contributed by atoms with Crippen LogP contribution in [0.25, 0.3) is 22.6 Å². The Morgan fingerprint density at radius 1 is 0.971 bits per heavy atom. The number of aromatic nitrogens is 2. The summed E-state index contributed by atoms with van der Waals surface area (Å²) in [5.74, 6) is 0.544. The van der Waals surface area contributed by atoms with Gasteiger partial charge in [-0.1, -0.05) is 54.6 Å². The van der Waals surface area contributed by atoms with Crippen LogP contribution >= 0.6 is 0 Å². The average Bonchev–Trinajstić information content (AvgIpc) is 3.35. The molecule has 1 atom stereocenters. The zero-order chi connectivity index (χ0) is 25.2. The molecular weight excluding hydrogens is 462 g/mol. The molecular formula is C26H29N5O3S. The summed E-state index contributed by atoms with van der Waals surface area (Å²) in [6.45, 7) is 2.18. The Bertz CT molecular complexity index is 1430. The highest BCUT2D eigenvalue weighted by Crippen LogP contribution is 2.34. The van der Waals surface area contributed by atoms with Gasteiger partial charge < -0.3 is 15.9 Å². The van der Waals surface area contributed by atoms with E-state index in [2.05, 4.69) is 10.2 Å². The van der Waals surface area contributed by atoms with Gasteiger partial charge in [-0.05, 0) is 53.8 Å². The van der Waals surface area contributed by atoms with E-state index < -0.39 is 15.6 Å². The van der Waals surface area contributed by atoms with Crippen molar-refractivity contribution in [2.24, 2.45) is 11.5 Å². The highest BCUT2D eigenvalue weighted by atomic mass is 32.2. The van der Waals surface area contributed by atoms with Crippen molar-refractivity contribution in [1.82, 2.24) is 10.2 Å². The molecule has 0 saturated carbocycles. The van der Waals surface area contributed by atoms with Crippen LogP contribution in [-0.2, 0) is 28.5 Å². The Balaban J connectivity index is 1.79. The molecule has 0 saturated heterocycles. The van der Waals surface area contributed by atoms with Crippen molar-refractivity contribution >= 4 is 15.7 Å². The Morgan fingerprint density at radius 2 is 1.63 bits per heavy atom. The van der Waals surface area contributed by atoms with E-state index in [0.717, 1.165) is 28.5 Å². The van der Waals surface area contributed by atoms with Crippen molar-refractivity contribution in [3.63, 3.8) is 0 Å². The minimum atomic E-state index is -3.50. The van der Waals surface area contributed by atoms with Crippen LogP contribution in [0.5, 0.6) is 0 Å². The van der Waals surface area contributed by atoms with Crippen LogP contribution in [0.15, 0.2) is 77.2 Å². The van der Waals surface area contributed by atoms with Crippen molar-refractivity contribution in [2.75, 3.05) is 17.6 Å². The fourth-order valence-electron chi connectivity index (χ4n) is 3.91. The summed E-state index contributed by atoms with van der Waals surface area (Å²) < 4.78 is 31.8. The van der Waals surface area contributed by atoms with E-state index in [1.165, 1.54) is 11.4 Å². The second-order valence-electron chi connectivity index (χ2n) is 8.85. The van der Waals surface area contributed by atoms with Crippen LogP contribution in [0.2, 0.25) is 0 Å². The molecule has 4 N–H and O–H groups in total. The number of benzene rings is 3.